The summed E-state index contributed by atoms with van der Waals surface area (Å²) in [5.41, 5.74) is 2.26. The van der Waals surface area contributed by atoms with E-state index in [4.69, 9.17) is 23.2 Å². The molecule has 0 atom stereocenters. The number of carbonyl (C=O) groups is 1. The highest BCUT2D eigenvalue weighted by atomic mass is 35.5. The molecule has 0 spiro atoms. The fourth-order valence-electron chi connectivity index (χ4n) is 2.27. The maximum atomic E-state index is 12.4. The van der Waals surface area contributed by atoms with Gasteiger partial charge in [0, 0.05) is 16.0 Å². The number of anilines is 1. The number of halogens is 2. The predicted octanol–water partition coefficient (Wildman–Crippen LogP) is 5.98. The van der Waals surface area contributed by atoms with Gasteiger partial charge >= 0.3 is 0 Å². The monoisotopic (exact) mass is 405 g/mol. The number of rotatable bonds is 3. The van der Waals surface area contributed by atoms with Crippen molar-refractivity contribution in [2.75, 3.05) is 5.32 Å². The zero-order valence-electron chi connectivity index (χ0n) is 12.5. The van der Waals surface area contributed by atoms with E-state index in [1.807, 2.05) is 29.6 Å². The van der Waals surface area contributed by atoms with Gasteiger partial charge in [-0.25, -0.2) is 9.97 Å². The molecule has 8 heteroatoms. The highest BCUT2D eigenvalue weighted by Gasteiger charge is 2.15. The molecule has 0 fully saturated rings. The minimum atomic E-state index is -0.274. The Hall–Kier alpha value is -1.99. The normalized spacial score (nSPS) is 11.0. The summed E-state index contributed by atoms with van der Waals surface area (Å²) < 4.78 is 0.973. The maximum absolute atomic E-state index is 12.4. The van der Waals surface area contributed by atoms with Crippen LogP contribution in [0.5, 0.6) is 0 Å². The Labute approximate surface area is 161 Å². The molecule has 0 aliphatic rings. The minimum Gasteiger partial charge on any atom is -0.296 e. The van der Waals surface area contributed by atoms with Crippen LogP contribution in [0.2, 0.25) is 10.0 Å². The first-order chi connectivity index (χ1) is 12.1. The molecule has 4 nitrogen and oxygen atoms in total. The molecule has 0 saturated carbocycles. The summed E-state index contributed by atoms with van der Waals surface area (Å²) in [5.74, 6) is -0.274. The standard InChI is InChI=1S/C17H9Cl2N3OS2/c18-9-5-6-10(11(19)7-9)13-8-24-17(21-13)22-15(23)16-20-12-3-1-2-4-14(12)25-16/h1-8H,(H,21,22,23). The Kier molecular flexibility index (Phi) is 4.43. The number of fused-ring (bicyclic) bond motifs is 1. The smallest absolute Gasteiger partial charge is 0.286 e. The van der Waals surface area contributed by atoms with E-state index < -0.39 is 0 Å². The Morgan fingerprint density at radius 1 is 1.08 bits per heavy atom. The van der Waals surface area contributed by atoms with Crippen molar-refractivity contribution >= 4 is 67.1 Å². The second kappa shape index (κ2) is 6.72. The predicted molar refractivity (Wildman–Crippen MR) is 105 cm³/mol. The molecule has 25 heavy (non-hydrogen) atoms. The number of nitrogens with one attached hydrogen (secondary N) is 1. The molecule has 2 aromatic carbocycles. The van der Waals surface area contributed by atoms with Crippen molar-refractivity contribution in [2.45, 2.75) is 0 Å². The van der Waals surface area contributed by atoms with Gasteiger partial charge in [0.2, 0.25) is 0 Å². The van der Waals surface area contributed by atoms with Crippen molar-refractivity contribution in [3.8, 4) is 11.3 Å². The molecule has 2 heterocycles. The quantitative estimate of drug-likeness (QED) is 0.455. The van der Waals surface area contributed by atoms with Crippen LogP contribution in [0.3, 0.4) is 0 Å². The molecular formula is C17H9Cl2N3OS2. The van der Waals surface area contributed by atoms with E-state index in [0.717, 1.165) is 15.8 Å². The zero-order chi connectivity index (χ0) is 17.4. The Balaban J connectivity index is 1.57. The highest BCUT2D eigenvalue weighted by molar-refractivity contribution is 7.20. The van der Waals surface area contributed by atoms with Gasteiger partial charge in [0.05, 0.1) is 20.9 Å². The summed E-state index contributed by atoms with van der Waals surface area (Å²) in [6, 6.07) is 12.9. The summed E-state index contributed by atoms with van der Waals surface area (Å²) >= 11 is 14.8. The Morgan fingerprint density at radius 3 is 2.72 bits per heavy atom. The van der Waals surface area contributed by atoms with Crippen molar-refractivity contribution < 1.29 is 4.79 Å². The van der Waals surface area contributed by atoms with Gasteiger partial charge in [-0.2, -0.15) is 0 Å². The van der Waals surface area contributed by atoms with E-state index in [1.165, 1.54) is 22.7 Å². The maximum Gasteiger partial charge on any atom is 0.286 e. The van der Waals surface area contributed by atoms with Gasteiger partial charge in [-0.3, -0.25) is 10.1 Å². The third kappa shape index (κ3) is 3.39. The van der Waals surface area contributed by atoms with Crippen LogP contribution in [-0.2, 0) is 0 Å². The number of hydrogen-bond donors (Lipinski definition) is 1. The molecule has 0 aliphatic carbocycles. The number of aromatic nitrogens is 2. The Bertz CT molecular complexity index is 1060. The minimum absolute atomic E-state index is 0.274. The molecular weight excluding hydrogens is 397 g/mol. The van der Waals surface area contributed by atoms with Crippen LogP contribution in [0, 0.1) is 0 Å². The molecule has 4 aromatic rings. The second-order valence-electron chi connectivity index (χ2n) is 5.10. The van der Waals surface area contributed by atoms with Crippen LogP contribution < -0.4 is 5.32 Å². The van der Waals surface area contributed by atoms with Crippen LogP contribution in [0.15, 0.2) is 47.8 Å². The number of hydrogen-bond acceptors (Lipinski definition) is 5. The van der Waals surface area contributed by atoms with E-state index in [2.05, 4.69) is 15.3 Å². The van der Waals surface area contributed by atoms with Crippen LogP contribution in [0.1, 0.15) is 9.80 Å². The largest absolute Gasteiger partial charge is 0.296 e. The highest BCUT2D eigenvalue weighted by Crippen LogP contribution is 2.32. The molecule has 0 aliphatic heterocycles. The number of nitrogens with zero attached hydrogens (tertiary/aromatic N) is 2. The van der Waals surface area contributed by atoms with E-state index in [1.54, 1.807) is 18.2 Å². The van der Waals surface area contributed by atoms with E-state index in [0.29, 0.717) is 25.9 Å². The summed E-state index contributed by atoms with van der Waals surface area (Å²) in [6.07, 6.45) is 0. The molecule has 0 saturated heterocycles. The molecule has 0 radical (unpaired) electrons. The fourth-order valence-corrected chi connectivity index (χ4v) is 4.34. The average molecular weight is 406 g/mol. The topological polar surface area (TPSA) is 54.9 Å². The lowest BCUT2D eigenvalue weighted by molar-refractivity contribution is 0.102. The molecule has 4 rings (SSSR count). The SMILES string of the molecule is O=C(Nc1nc(-c2ccc(Cl)cc2Cl)cs1)c1nc2ccccc2s1. The lowest BCUT2D eigenvalue weighted by Crippen LogP contribution is -2.11. The van der Waals surface area contributed by atoms with Gasteiger partial charge in [0.25, 0.3) is 5.91 Å². The molecule has 0 bridgehead atoms. The molecule has 0 unspecified atom stereocenters. The second-order valence-corrected chi connectivity index (χ2v) is 7.84. The summed E-state index contributed by atoms with van der Waals surface area (Å²) in [7, 11) is 0. The van der Waals surface area contributed by atoms with Crippen molar-refractivity contribution in [3.05, 3.63) is 62.9 Å². The Morgan fingerprint density at radius 2 is 1.92 bits per heavy atom. The first-order valence-electron chi connectivity index (χ1n) is 7.18. The zero-order valence-corrected chi connectivity index (χ0v) is 15.6. The van der Waals surface area contributed by atoms with Gasteiger partial charge in [-0.15, -0.1) is 22.7 Å². The molecule has 1 N–H and O–H groups in total. The lowest BCUT2D eigenvalue weighted by Gasteiger charge is -2.01. The van der Waals surface area contributed by atoms with Crippen LogP contribution in [0.25, 0.3) is 21.5 Å². The first kappa shape index (κ1) is 16.5. The number of carbonyl (C=O) groups excluding carboxylic acids is 1. The average Bonchev–Trinajstić information content (AvgIpc) is 3.21. The summed E-state index contributed by atoms with van der Waals surface area (Å²) in [6.45, 7) is 0. The first-order valence-corrected chi connectivity index (χ1v) is 9.63. The summed E-state index contributed by atoms with van der Waals surface area (Å²) in [5, 5.41) is 6.60. The van der Waals surface area contributed by atoms with Crippen LogP contribution in [-0.4, -0.2) is 15.9 Å². The number of para-hydroxylation sites is 1. The number of thiazole rings is 2. The third-order valence-corrected chi connectivity index (χ3v) is 5.76. The van der Waals surface area contributed by atoms with Gasteiger partial charge in [-0.1, -0.05) is 35.3 Å². The summed E-state index contributed by atoms with van der Waals surface area (Å²) in [4.78, 5) is 21.2. The van der Waals surface area contributed by atoms with Crippen molar-refractivity contribution in [3.63, 3.8) is 0 Å². The van der Waals surface area contributed by atoms with Crippen molar-refractivity contribution in [1.82, 2.24) is 9.97 Å². The van der Waals surface area contributed by atoms with Gasteiger partial charge in [0.15, 0.2) is 10.1 Å². The van der Waals surface area contributed by atoms with E-state index >= 15 is 0 Å². The van der Waals surface area contributed by atoms with Gasteiger partial charge < -0.3 is 0 Å². The molecule has 2 aromatic heterocycles. The molecule has 124 valence electrons. The van der Waals surface area contributed by atoms with Crippen LogP contribution >= 0.6 is 45.9 Å². The third-order valence-electron chi connectivity index (χ3n) is 3.42. The molecule has 1 amide bonds. The lowest BCUT2D eigenvalue weighted by atomic mass is 10.2. The van der Waals surface area contributed by atoms with Crippen LogP contribution in [0.4, 0.5) is 5.13 Å². The fraction of sp³-hybridized carbons (Fsp3) is 0. The van der Waals surface area contributed by atoms with Crippen molar-refractivity contribution in [1.29, 1.82) is 0 Å². The number of amides is 1. The van der Waals surface area contributed by atoms with Crippen molar-refractivity contribution in [2.24, 2.45) is 0 Å². The number of benzene rings is 2. The van der Waals surface area contributed by atoms with E-state index in [9.17, 15) is 4.79 Å². The van der Waals surface area contributed by atoms with E-state index in [-0.39, 0.29) is 5.91 Å². The van der Waals surface area contributed by atoms with Gasteiger partial charge in [0.1, 0.15) is 0 Å². The van der Waals surface area contributed by atoms with Gasteiger partial charge in [-0.05, 0) is 30.3 Å².